The van der Waals surface area contributed by atoms with E-state index < -0.39 is 0 Å². The number of benzene rings is 1. The maximum atomic E-state index is 12.4. The van der Waals surface area contributed by atoms with Crippen LogP contribution in [0.4, 0.5) is 0 Å². The van der Waals surface area contributed by atoms with E-state index in [9.17, 15) is 4.79 Å². The van der Waals surface area contributed by atoms with Crippen LogP contribution in [0.2, 0.25) is 0 Å². The zero-order valence-electron chi connectivity index (χ0n) is 15.9. The van der Waals surface area contributed by atoms with Gasteiger partial charge in [0.1, 0.15) is 11.9 Å². The zero-order valence-corrected chi connectivity index (χ0v) is 17.5. The van der Waals surface area contributed by atoms with Crippen LogP contribution in [-0.4, -0.2) is 34.7 Å². The lowest BCUT2D eigenvalue weighted by Gasteiger charge is -2.36. The molecule has 0 bridgehead atoms. The minimum Gasteiger partial charge on any atom is -0.490 e. The highest BCUT2D eigenvalue weighted by atomic mass is 79.9. The van der Waals surface area contributed by atoms with Crippen LogP contribution in [0.15, 0.2) is 45.8 Å². The molecule has 144 valence electrons. The Kier molecular flexibility index (Phi) is 5.69. The molecule has 1 aliphatic carbocycles. The number of aromatic nitrogens is 1. The summed E-state index contributed by atoms with van der Waals surface area (Å²) in [4.78, 5) is 15.0. The summed E-state index contributed by atoms with van der Waals surface area (Å²) in [7, 11) is 1.77. The second-order valence-electron chi connectivity index (χ2n) is 7.80. The molecule has 1 saturated carbocycles. The van der Waals surface area contributed by atoms with E-state index in [1.165, 1.54) is 25.7 Å². The van der Waals surface area contributed by atoms with Gasteiger partial charge < -0.3 is 14.2 Å². The van der Waals surface area contributed by atoms with Crippen LogP contribution in [0.5, 0.6) is 5.75 Å². The van der Waals surface area contributed by atoms with E-state index in [1.807, 2.05) is 30.3 Å². The van der Waals surface area contributed by atoms with E-state index in [-0.39, 0.29) is 5.56 Å². The zero-order chi connectivity index (χ0) is 18.8. The molecular formula is C22H27BrN2O2. The Bertz CT molecular complexity index is 832. The number of hydrogen-bond donors (Lipinski definition) is 0. The van der Waals surface area contributed by atoms with Crippen LogP contribution in [-0.2, 0) is 7.05 Å². The summed E-state index contributed by atoms with van der Waals surface area (Å²) in [5.41, 5.74) is 1.62. The predicted molar refractivity (Wildman–Crippen MR) is 112 cm³/mol. The van der Waals surface area contributed by atoms with Gasteiger partial charge in [0.15, 0.2) is 0 Å². The average Bonchev–Trinajstić information content (AvgIpc) is 3.21. The first-order valence-electron chi connectivity index (χ1n) is 9.97. The standard InChI is InChI=1S/C22H27BrN2O2/c1-24-15-17(23)14-21(22(24)26)16-6-8-19(9-7-16)27-20-10-12-25(13-11-20)18-4-2-3-5-18/h6-9,14-15,18,20H,2-5,10-13H2,1H3. The van der Waals surface area contributed by atoms with Gasteiger partial charge in [0, 0.05) is 42.4 Å². The molecule has 0 spiro atoms. The van der Waals surface area contributed by atoms with Gasteiger partial charge in [-0.2, -0.15) is 0 Å². The Hall–Kier alpha value is -1.59. The molecule has 0 N–H and O–H groups in total. The minimum atomic E-state index is 0.00570. The molecule has 1 saturated heterocycles. The summed E-state index contributed by atoms with van der Waals surface area (Å²) in [6.45, 7) is 2.31. The molecule has 27 heavy (non-hydrogen) atoms. The van der Waals surface area contributed by atoms with E-state index in [0.717, 1.165) is 47.8 Å². The lowest BCUT2D eigenvalue weighted by molar-refractivity contribution is 0.0768. The molecule has 1 aromatic heterocycles. The molecule has 0 amide bonds. The molecule has 0 radical (unpaired) electrons. The molecule has 2 aliphatic rings. The Labute approximate surface area is 169 Å². The highest BCUT2D eigenvalue weighted by molar-refractivity contribution is 9.10. The van der Waals surface area contributed by atoms with Gasteiger partial charge >= 0.3 is 0 Å². The van der Waals surface area contributed by atoms with Crippen molar-refractivity contribution in [2.45, 2.75) is 50.7 Å². The third kappa shape index (κ3) is 4.30. The predicted octanol–water partition coefficient (Wildman–Crippen LogP) is 4.60. The summed E-state index contributed by atoms with van der Waals surface area (Å²) < 4.78 is 8.71. The molecule has 4 nitrogen and oxygen atoms in total. The van der Waals surface area contributed by atoms with Gasteiger partial charge in [0.05, 0.1) is 0 Å². The second kappa shape index (κ2) is 8.19. The summed E-state index contributed by atoms with van der Waals surface area (Å²) in [5.74, 6) is 0.893. The van der Waals surface area contributed by atoms with Crippen molar-refractivity contribution in [3.05, 3.63) is 51.4 Å². The number of ether oxygens (including phenoxy) is 1. The van der Waals surface area contributed by atoms with Crippen LogP contribution >= 0.6 is 15.9 Å². The Morgan fingerprint density at radius 3 is 2.37 bits per heavy atom. The smallest absolute Gasteiger partial charge is 0.258 e. The van der Waals surface area contributed by atoms with Crippen molar-refractivity contribution in [1.29, 1.82) is 0 Å². The molecule has 1 aliphatic heterocycles. The molecule has 2 aromatic rings. The largest absolute Gasteiger partial charge is 0.490 e. The first kappa shape index (κ1) is 18.8. The lowest BCUT2D eigenvalue weighted by Crippen LogP contribution is -2.43. The Balaban J connectivity index is 1.38. The SMILES string of the molecule is Cn1cc(Br)cc(-c2ccc(OC3CCN(C4CCCC4)CC3)cc2)c1=O. The maximum absolute atomic E-state index is 12.4. The number of likely N-dealkylation sites (tertiary alicyclic amines) is 1. The first-order chi connectivity index (χ1) is 13.1. The van der Waals surface area contributed by atoms with Gasteiger partial charge in [-0.15, -0.1) is 0 Å². The van der Waals surface area contributed by atoms with E-state index in [4.69, 9.17) is 4.74 Å². The van der Waals surface area contributed by atoms with Gasteiger partial charge in [0.25, 0.3) is 5.56 Å². The highest BCUT2D eigenvalue weighted by Crippen LogP contribution is 2.28. The summed E-state index contributed by atoms with van der Waals surface area (Å²) in [5, 5.41) is 0. The summed E-state index contributed by atoms with van der Waals surface area (Å²) >= 11 is 3.47. The lowest BCUT2D eigenvalue weighted by atomic mass is 10.0. The molecule has 0 atom stereocenters. The second-order valence-corrected chi connectivity index (χ2v) is 8.72. The quantitative estimate of drug-likeness (QED) is 0.710. The molecular weight excluding hydrogens is 404 g/mol. The van der Waals surface area contributed by atoms with Gasteiger partial charge in [-0.1, -0.05) is 25.0 Å². The van der Waals surface area contributed by atoms with E-state index in [1.54, 1.807) is 17.8 Å². The maximum Gasteiger partial charge on any atom is 0.258 e. The van der Waals surface area contributed by atoms with Gasteiger partial charge in [-0.05, 0) is 65.4 Å². The van der Waals surface area contributed by atoms with E-state index in [2.05, 4.69) is 20.8 Å². The number of rotatable bonds is 4. The Morgan fingerprint density at radius 1 is 1.04 bits per heavy atom. The molecule has 2 fully saturated rings. The monoisotopic (exact) mass is 430 g/mol. The summed E-state index contributed by atoms with van der Waals surface area (Å²) in [6, 6.07) is 10.6. The number of halogens is 1. The fraction of sp³-hybridized carbons (Fsp3) is 0.500. The number of nitrogens with zero attached hydrogens (tertiary/aromatic N) is 2. The third-order valence-electron chi connectivity index (χ3n) is 5.94. The van der Waals surface area contributed by atoms with Crippen LogP contribution in [0.1, 0.15) is 38.5 Å². The summed E-state index contributed by atoms with van der Waals surface area (Å²) in [6.07, 6.45) is 9.83. The van der Waals surface area contributed by atoms with Gasteiger partial charge in [-0.3, -0.25) is 4.79 Å². The van der Waals surface area contributed by atoms with Crippen molar-refractivity contribution in [2.75, 3.05) is 13.1 Å². The van der Waals surface area contributed by atoms with Crippen molar-refractivity contribution in [2.24, 2.45) is 7.05 Å². The molecule has 2 heterocycles. The minimum absolute atomic E-state index is 0.00570. The van der Waals surface area contributed by atoms with Crippen molar-refractivity contribution in [1.82, 2.24) is 9.47 Å². The van der Waals surface area contributed by atoms with E-state index in [0.29, 0.717) is 11.7 Å². The third-order valence-corrected chi connectivity index (χ3v) is 6.37. The van der Waals surface area contributed by atoms with Crippen molar-refractivity contribution in [3.8, 4) is 16.9 Å². The molecule has 1 aromatic carbocycles. The van der Waals surface area contributed by atoms with Gasteiger partial charge in [-0.25, -0.2) is 0 Å². The van der Waals surface area contributed by atoms with Crippen molar-refractivity contribution in [3.63, 3.8) is 0 Å². The average molecular weight is 431 g/mol. The number of pyridine rings is 1. The topological polar surface area (TPSA) is 34.5 Å². The van der Waals surface area contributed by atoms with Crippen molar-refractivity contribution >= 4 is 15.9 Å². The fourth-order valence-electron chi connectivity index (χ4n) is 4.41. The van der Waals surface area contributed by atoms with Gasteiger partial charge in [0.2, 0.25) is 0 Å². The fourth-order valence-corrected chi connectivity index (χ4v) is 4.95. The van der Waals surface area contributed by atoms with Crippen LogP contribution in [0, 0.1) is 0 Å². The number of hydrogen-bond acceptors (Lipinski definition) is 3. The Morgan fingerprint density at radius 2 is 1.70 bits per heavy atom. The molecule has 0 unspecified atom stereocenters. The first-order valence-corrected chi connectivity index (χ1v) is 10.8. The van der Waals surface area contributed by atoms with Crippen molar-refractivity contribution < 1.29 is 4.74 Å². The van der Waals surface area contributed by atoms with Crippen LogP contribution < -0.4 is 10.3 Å². The number of aryl methyl sites for hydroxylation is 1. The van der Waals surface area contributed by atoms with Crippen LogP contribution in [0.3, 0.4) is 0 Å². The number of piperidine rings is 1. The van der Waals surface area contributed by atoms with E-state index >= 15 is 0 Å². The molecule has 5 heteroatoms. The van der Waals surface area contributed by atoms with Crippen LogP contribution in [0.25, 0.3) is 11.1 Å². The molecule has 4 rings (SSSR count). The normalized spacial score (nSPS) is 19.5. The highest BCUT2D eigenvalue weighted by Gasteiger charge is 2.27.